The average molecular weight is 364 g/mol. The monoisotopic (exact) mass is 363 g/mol. The van der Waals surface area contributed by atoms with Crippen molar-refractivity contribution in [3.8, 4) is 0 Å². The zero-order chi connectivity index (χ0) is 17.7. The summed E-state index contributed by atoms with van der Waals surface area (Å²) in [5, 5.41) is 1.83. The van der Waals surface area contributed by atoms with Crippen LogP contribution in [0, 0.1) is 5.92 Å². The standard InChI is InChI=1S/C16H17ClF3NO3/c17-12-7-3-6-11(16(18,19)20)15(12)21-13(22)9-24-14(23)8-10-4-1-2-5-10/h3,6-7,10H,1-2,4-5,8-9H2,(H,21,22). The summed E-state index contributed by atoms with van der Waals surface area (Å²) in [6.45, 7) is -0.645. The molecule has 132 valence electrons. The van der Waals surface area contributed by atoms with Crippen molar-refractivity contribution in [3.63, 3.8) is 0 Å². The van der Waals surface area contributed by atoms with Gasteiger partial charge in [0.25, 0.3) is 5.91 Å². The Morgan fingerprint density at radius 3 is 2.54 bits per heavy atom. The lowest BCUT2D eigenvalue weighted by Gasteiger charge is -2.15. The molecule has 1 aliphatic rings. The number of anilines is 1. The number of alkyl halides is 3. The second kappa shape index (κ2) is 7.88. The fourth-order valence-electron chi connectivity index (χ4n) is 2.72. The van der Waals surface area contributed by atoms with Crippen LogP contribution >= 0.6 is 11.6 Å². The Morgan fingerprint density at radius 1 is 1.25 bits per heavy atom. The molecule has 1 aliphatic carbocycles. The van der Waals surface area contributed by atoms with Gasteiger partial charge in [0.2, 0.25) is 0 Å². The molecule has 1 aromatic rings. The number of amides is 1. The number of para-hydroxylation sites is 1. The Kier molecular flexibility index (Phi) is 6.10. The van der Waals surface area contributed by atoms with Crippen LogP contribution in [0.2, 0.25) is 5.02 Å². The number of hydrogen-bond donors (Lipinski definition) is 1. The molecule has 1 fully saturated rings. The summed E-state index contributed by atoms with van der Waals surface area (Å²) in [5.41, 5.74) is -1.59. The molecule has 8 heteroatoms. The highest BCUT2D eigenvalue weighted by Gasteiger charge is 2.34. The summed E-state index contributed by atoms with van der Waals surface area (Å²) in [7, 11) is 0. The van der Waals surface area contributed by atoms with E-state index in [0.29, 0.717) is 0 Å². The first-order valence-corrected chi connectivity index (χ1v) is 7.96. The van der Waals surface area contributed by atoms with Crippen LogP contribution < -0.4 is 5.32 Å². The molecular formula is C16H17ClF3NO3. The smallest absolute Gasteiger partial charge is 0.418 e. The Hall–Kier alpha value is -1.76. The van der Waals surface area contributed by atoms with Crippen LogP contribution in [0.1, 0.15) is 37.7 Å². The van der Waals surface area contributed by atoms with E-state index in [9.17, 15) is 22.8 Å². The number of carbonyl (C=O) groups excluding carboxylic acids is 2. The summed E-state index contributed by atoms with van der Waals surface area (Å²) >= 11 is 5.73. The van der Waals surface area contributed by atoms with Crippen molar-refractivity contribution < 1.29 is 27.5 Å². The third-order valence-corrected chi connectivity index (χ3v) is 4.19. The molecule has 0 heterocycles. The molecule has 0 bridgehead atoms. The maximum Gasteiger partial charge on any atom is 0.418 e. The van der Waals surface area contributed by atoms with E-state index in [0.717, 1.165) is 37.8 Å². The van der Waals surface area contributed by atoms with Gasteiger partial charge in [-0.2, -0.15) is 13.2 Å². The fraction of sp³-hybridized carbons (Fsp3) is 0.500. The Bertz CT molecular complexity index is 613. The lowest BCUT2D eigenvalue weighted by Crippen LogP contribution is -2.23. The number of nitrogens with one attached hydrogen (secondary N) is 1. The molecule has 2 rings (SSSR count). The van der Waals surface area contributed by atoms with Crippen LogP contribution in [0.3, 0.4) is 0 Å². The number of esters is 1. The van der Waals surface area contributed by atoms with E-state index in [4.69, 9.17) is 16.3 Å². The van der Waals surface area contributed by atoms with Gasteiger partial charge in [-0.25, -0.2) is 0 Å². The van der Waals surface area contributed by atoms with Gasteiger partial charge in [0.15, 0.2) is 6.61 Å². The highest BCUT2D eigenvalue weighted by atomic mass is 35.5. The predicted molar refractivity (Wildman–Crippen MR) is 82.6 cm³/mol. The van der Waals surface area contributed by atoms with Gasteiger partial charge in [0, 0.05) is 6.42 Å². The van der Waals surface area contributed by atoms with E-state index >= 15 is 0 Å². The van der Waals surface area contributed by atoms with Gasteiger partial charge in [0.1, 0.15) is 0 Å². The minimum absolute atomic E-state index is 0.229. The molecule has 1 amide bonds. The van der Waals surface area contributed by atoms with Crippen molar-refractivity contribution in [1.82, 2.24) is 0 Å². The minimum atomic E-state index is -4.66. The number of benzene rings is 1. The fourth-order valence-corrected chi connectivity index (χ4v) is 2.94. The van der Waals surface area contributed by atoms with Crippen LogP contribution in [0.5, 0.6) is 0 Å². The maximum atomic E-state index is 12.9. The molecular weight excluding hydrogens is 347 g/mol. The average Bonchev–Trinajstić information content (AvgIpc) is 2.99. The zero-order valence-electron chi connectivity index (χ0n) is 12.8. The second-order valence-electron chi connectivity index (χ2n) is 5.72. The van der Waals surface area contributed by atoms with Crippen LogP contribution in [-0.4, -0.2) is 18.5 Å². The van der Waals surface area contributed by atoms with Gasteiger partial charge in [-0.3, -0.25) is 9.59 Å². The lowest BCUT2D eigenvalue weighted by molar-refractivity contribution is -0.148. The first kappa shape index (κ1) is 18.6. The van der Waals surface area contributed by atoms with Gasteiger partial charge in [-0.15, -0.1) is 0 Å². The quantitative estimate of drug-likeness (QED) is 0.788. The van der Waals surface area contributed by atoms with E-state index in [1.165, 1.54) is 6.07 Å². The van der Waals surface area contributed by atoms with Crippen LogP contribution in [0.4, 0.5) is 18.9 Å². The largest absolute Gasteiger partial charge is 0.456 e. The van der Waals surface area contributed by atoms with Crippen molar-refractivity contribution in [2.45, 2.75) is 38.3 Å². The number of ether oxygens (including phenoxy) is 1. The molecule has 4 nitrogen and oxygen atoms in total. The molecule has 0 radical (unpaired) electrons. The Labute approximate surface area is 142 Å². The van der Waals surface area contributed by atoms with E-state index in [-0.39, 0.29) is 17.4 Å². The molecule has 1 saturated carbocycles. The third-order valence-electron chi connectivity index (χ3n) is 3.88. The molecule has 0 aliphatic heterocycles. The highest BCUT2D eigenvalue weighted by Crippen LogP contribution is 2.38. The SMILES string of the molecule is O=C(COC(=O)CC1CCCC1)Nc1c(Cl)cccc1C(F)(F)F. The molecule has 0 aromatic heterocycles. The number of rotatable bonds is 5. The molecule has 0 atom stereocenters. The van der Waals surface area contributed by atoms with Crippen LogP contribution in [-0.2, 0) is 20.5 Å². The minimum Gasteiger partial charge on any atom is -0.456 e. The highest BCUT2D eigenvalue weighted by molar-refractivity contribution is 6.34. The van der Waals surface area contributed by atoms with Crippen molar-refractivity contribution >= 4 is 29.2 Å². The molecule has 0 spiro atoms. The normalized spacial score (nSPS) is 15.3. The van der Waals surface area contributed by atoms with Gasteiger partial charge in [-0.05, 0) is 30.9 Å². The van der Waals surface area contributed by atoms with Crippen LogP contribution in [0.25, 0.3) is 0 Å². The summed E-state index contributed by atoms with van der Waals surface area (Å²) in [6.07, 6.45) is -0.373. The predicted octanol–water partition coefficient (Wildman–Crippen LogP) is 4.42. The Morgan fingerprint density at radius 2 is 1.92 bits per heavy atom. The second-order valence-corrected chi connectivity index (χ2v) is 6.13. The number of halogens is 4. The molecule has 24 heavy (non-hydrogen) atoms. The summed E-state index contributed by atoms with van der Waals surface area (Å²) < 4.78 is 43.6. The van der Waals surface area contributed by atoms with E-state index < -0.39 is 35.9 Å². The van der Waals surface area contributed by atoms with E-state index in [1.54, 1.807) is 0 Å². The molecule has 0 saturated heterocycles. The lowest BCUT2D eigenvalue weighted by atomic mass is 10.0. The van der Waals surface area contributed by atoms with E-state index in [2.05, 4.69) is 5.32 Å². The Balaban J connectivity index is 1.91. The molecule has 0 unspecified atom stereocenters. The van der Waals surface area contributed by atoms with E-state index in [1.807, 2.05) is 0 Å². The first-order chi connectivity index (χ1) is 11.3. The van der Waals surface area contributed by atoms with Crippen molar-refractivity contribution in [2.75, 3.05) is 11.9 Å². The van der Waals surface area contributed by atoms with Crippen molar-refractivity contribution in [1.29, 1.82) is 0 Å². The number of hydrogen-bond acceptors (Lipinski definition) is 3. The van der Waals surface area contributed by atoms with Crippen molar-refractivity contribution in [2.24, 2.45) is 5.92 Å². The molecule has 1 aromatic carbocycles. The summed E-state index contributed by atoms with van der Waals surface area (Å²) in [6, 6.07) is 3.19. The summed E-state index contributed by atoms with van der Waals surface area (Å²) in [5.74, 6) is -1.12. The van der Waals surface area contributed by atoms with Crippen LogP contribution in [0.15, 0.2) is 18.2 Å². The van der Waals surface area contributed by atoms with Gasteiger partial charge in [0.05, 0.1) is 16.3 Å². The van der Waals surface area contributed by atoms with Gasteiger partial charge >= 0.3 is 12.1 Å². The zero-order valence-corrected chi connectivity index (χ0v) is 13.5. The maximum absolute atomic E-state index is 12.9. The third kappa shape index (κ3) is 5.12. The first-order valence-electron chi connectivity index (χ1n) is 7.58. The van der Waals surface area contributed by atoms with Gasteiger partial charge < -0.3 is 10.1 Å². The summed E-state index contributed by atoms with van der Waals surface area (Å²) in [4.78, 5) is 23.4. The molecule has 1 N–H and O–H groups in total. The van der Waals surface area contributed by atoms with Gasteiger partial charge in [-0.1, -0.05) is 30.5 Å². The topological polar surface area (TPSA) is 55.4 Å². The van der Waals surface area contributed by atoms with Crippen molar-refractivity contribution in [3.05, 3.63) is 28.8 Å². The number of carbonyl (C=O) groups is 2.